The topological polar surface area (TPSA) is 218 Å². The van der Waals surface area contributed by atoms with Crippen LogP contribution in [0.1, 0.15) is 116 Å². The van der Waals surface area contributed by atoms with E-state index in [9.17, 15) is 24.0 Å². The van der Waals surface area contributed by atoms with Crippen molar-refractivity contribution in [2.24, 2.45) is 5.73 Å². The molecule has 5 amide bonds. The van der Waals surface area contributed by atoms with Crippen molar-refractivity contribution >= 4 is 58.8 Å². The van der Waals surface area contributed by atoms with Crippen molar-refractivity contribution in [3.63, 3.8) is 0 Å². The minimum Gasteiger partial charge on any atom is -0.378 e. The van der Waals surface area contributed by atoms with Gasteiger partial charge in [0.05, 0.1) is 24.1 Å². The summed E-state index contributed by atoms with van der Waals surface area (Å²) >= 11 is 1.52. The van der Waals surface area contributed by atoms with Crippen molar-refractivity contribution in [2.45, 2.75) is 125 Å². The molecule has 18 heteroatoms. The number of carbonyl (C=O) groups is 5. The number of rotatable bonds is 18. The molecule has 8 rings (SSSR count). The largest absolute Gasteiger partial charge is 0.378 e. The van der Waals surface area contributed by atoms with Gasteiger partial charge in [-0.3, -0.25) is 29.3 Å². The number of fused-ring (bicyclic) bond motifs is 1. The van der Waals surface area contributed by atoms with Gasteiger partial charge >= 0.3 is 0 Å². The Hall–Kier alpha value is -5.98. The molecular formula is C48H59N11O6S. The first-order valence-corrected chi connectivity index (χ1v) is 23.9. The summed E-state index contributed by atoms with van der Waals surface area (Å²) in [5.41, 5.74) is 9.41. The van der Waals surface area contributed by atoms with Crippen LogP contribution in [-0.2, 0) is 32.2 Å². The molecule has 4 aliphatic heterocycles. The molecule has 0 bridgehead atoms. The first-order valence-electron chi connectivity index (χ1n) is 23.1. The summed E-state index contributed by atoms with van der Waals surface area (Å²) in [7, 11) is 0. The summed E-state index contributed by atoms with van der Waals surface area (Å²) in [6.07, 6.45) is 16.4. The van der Waals surface area contributed by atoms with Crippen molar-refractivity contribution < 1.29 is 28.7 Å². The Labute approximate surface area is 389 Å². The minimum atomic E-state index is -0.675. The van der Waals surface area contributed by atoms with Crippen LogP contribution in [-0.4, -0.2) is 105 Å². The maximum Gasteiger partial charge on any atom is 0.255 e. The van der Waals surface area contributed by atoms with E-state index in [2.05, 4.69) is 52.6 Å². The number of ether oxygens (including phenoxy) is 1. The van der Waals surface area contributed by atoms with E-state index in [4.69, 9.17) is 10.5 Å². The van der Waals surface area contributed by atoms with E-state index >= 15 is 0 Å². The molecule has 66 heavy (non-hydrogen) atoms. The number of aromatic nitrogens is 4. The minimum absolute atomic E-state index is 0.0189. The van der Waals surface area contributed by atoms with Crippen LogP contribution in [0, 0.1) is 0 Å². The number of nitrogens with zero attached hydrogens (tertiary/aromatic N) is 7. The third kappa shape index (κ3) is 12.3. The summed E-state index contributed by atoms with van der Waals surface area (Å²) < 4.78 is 6.20. The van der Waals surface area contributed by atoms with Crippen LogP contribution in [0.2, 0.25) is 0 Å². The third-order valence-corrected chi connectivity index (χ3v) is 13.7. The highest BCUT2D eigenvalue weighted by molar-refractivity contribution is 7.99. The fourth-order valence-electron chi connectivity index (χ4n) is 8.77. The van der Waals surface area contributed by atoms with E-state index in [1.807, 2.05) is 36.5 Å². The highest BCUT2D eigenvalue weighted by Crippen LogP contribution is 2.31. The van der Waals surface area contributed by atoms with Gasteiger partial charge in [0.2, 0.25) is 23.7 Å². The van der Waals surface area contributed by atoms with Gasteiger partial charge in [-0.15, -0.1) is 0 Å². The van der Waals surface area contributed by atoms with Gasteiger partial charge in [-0.25, -0.2) is 19.9 Å². The van der Waals surface area contributed by atoms with E-state index in [0.717, 1.165) is 117 Å². The van der Waals surface area contributed by atoms with Crippen LogP contribution in [0.5, 0.6) is 0 Å². The van der Waals surface area contributed by atoms with Crippen molar-refractivity contribution in [2.75, 3.05) is 47.9 Å². The molecular weight excluding hydrogens is 859 g/mol. The Kier molecular flexibility index (Phi) is 15.2. The van der Waals surface area contributed by atoms with Gasteiger partial charge in [-0.05, 0) is 87.3 Å². The Morgan fingerprint density at radius 3 is 2.41 bits per heavy atom. The van der Waals surface area contributed by atoms with E-state index < -0.39 is 11.9 Å². The van der Waals surface area contributed by atoms with Crippen LogP contribution in [0.3, 0.4) is 0 Å². The molecule has 3 fully saturated rings. The SMILES string of the molecule is CC1(N)CCN(c2cnc(Sc3cccc(NC(=O)CCCCCCCOC4CCN(c5ncc(C(=O)NCc6ccc7c(c6)CN(C6CCC(=O)NC6=O)C7=O)cn5)CC4)c3)cn2)CC1. The zero-order chi connectivity index (χ0) is 46.0. The summed E-state index contributed by atoms with van der Waals surface area (Å²) in [4.78, 5) is 87.7. The second kappa shape index (κ2) is 21.5. The van der Waals surface area contributed by atoms with Gasteiger partial charge in [0, 0.05) is 92.8 Å². The molecule has 0 saturated carbocycles. The van der Waals surface area contributed by atoms with Gasteiger partial charge in [-0.1, -0.05) is 49.2 Å². The van der Waals surface area contributed by atoms with Crippen molar-refractivity contribution in [1.29, 1.82) is 0 Å². The predicted octanol–water partition coefficient (Wildman–Crippen LogP) is 5.39. The predicted molar refractivity (Wildman–Crippen MR) is 250 cm³/mol. The third-order valence-electron chi connectivity index (χ3n) is 12.8. The number of imide groups is 1. The van der Waals surface area contributed by atoms with Crippen LogP contribution in [0.4, 0.5) is 17.5 Å². The quantitative estimate of drug-likeness (QED) is 0.0727. The van der Waals surface area contributed by atoms with Crippen molar-refractivity contribution in [3.05, 3.63) is 89.5 Å². The monoisotopic (exact) mass is 917 g/mol. The standard InChI is InChI=1S/C48H59N11O6S/c1-48(49)17-21-57(22-18-48)40-29-51-43(30-50-40)66-37-9-7-8-35(25-37)55-41(60)10-5-3-2-4-6-23-65-36-15-19-58(20-16-36)47-53-27-34(28-54-47)44(62)52-26-32-11-12-38-33(24-32)31-59(46(38)64)39-13-14-42(61)56-45(39)63/h7-9,11-12,24-25,27-30,36,39H,2-6,10,13-23,26,31,49H2,1H3,(H,52,62)(H,55,60)(H,56,61,63). The lowest BCUT2D eigenvalue weighted by Crippen LogP contribution is -2.52. The lowest BCUT2D eigenvalue weighted by Gasteiger charge is -2.37. The Morgan fingerprint density at radius 1 is 0.879 bits per heavy atom. The molecule has 0 radical (unpaired) electrons. The summed E-state index contributed by atoms with van der Waals surface area (Å²) in [5.74, 6) is 0.158. The van der Waals surface area contributed by atoms with E-state index in [1.165, 1.54) is 29.1 Å². The molecule has 1 unspecified atom stereocenters. The fourth-order valence-corrected chi connectivity index (χ4v) is 9.55. The molecule has 6 heterocycles. The molecule has 2 aromatic carbocycles. The number of amides is 5. The first-order chi connectivity index (χ1) is 32.0. The number of nitrogens with one attached hydrogen (secondary N) is 3. The number of anilines is 3. The van der Waals surface area contributed by atoms with E-state index in [1.54, 1.807) is 18.3 Å². The lowest BCUT2D eigenvalue weighted by atomic mass is 9.91. The average Bonchev–Trinajstić information content (AvgIpc) is 3.64. The van der Waals surface area contributed by atoms with E-state index in [-0.39, 0.29) is 54.8 Å². The Morgan fingerprint density at radius 2 is 1.65 bits per heavy atom. The van der Waals surface area contributed by atoms with Gasteiger partial charge in [0.25, 0.3) is 11.8 Å². The summed E-state index contributed by atoms with van der Waals surface area (Å²) in [6, 6.07) is 12.5. The number of carbonyl (C=O) groups excluding carboxylic acids is 5. The number of piperidine rings is 3. The second-order valence-corrected chi connectivity index (χ2v) is 19.0. The normalized spacial score (nSPS) is 18.5. The number of hydrogen-bond donors (Lipinski definition) is 4. The Bertz CT molecular complexity index is 2370. The van der Waals surface area contributed by atoms with Crippen molar-refractivity contribution in [1.82, 2.24) is 35.5 Å². The fraction of sp³-hybridized carbons (Fsp3) is 0.479. The zero-order valence-electron chi connectivity index (χ0n) is 37.5. The van der Waals surface area contributed by atoms with E-state index in [0.29, 0.717) is 36.5 Å². The maximum absolute atomic E-state index is 13.0. The first kappa shape index (κ1) is 46.5. The number of benzene rings is 2. The maximum atomic E-state index is 13.0. The molecule has 1 atom stereocenters. The summed E-state index contributed by atoms with van der Waals surface area (Å²) in [6.45, 7) is 6.62. The molecule has 5 N–H and O–H groups in total. The Balaban J connectivity index is 0.660. The number of nitrogens with two attached hydrogens (primary N) is 1. The second-order valence-electron chi connectivity index (χ2n) is 18.0. The molecule has 17 nitrogen and oxygen atoms in total. The molecule has 2 aromatic heterocycles. The van der Waals surface area contributed by atoms with Crippen molar-refractivity contribution in [3.8, 4) is 0 Å². The lowest BCUT2D eigenvalue weighted by molar-refractivity contribution is -0.137. The number of hydrogen-bond acceptors (Lipinski definition) is 14. The summed E-state index contributed by atoms with van der Waals surface area (Å²) in [5, 5.41) is 9.07. The molecule has 3 saturated heterocycles. The average molecular weight is 918 g/mol. The molecule has 0 spiro atoms. The van der Waals surface area contributed by atoms with Gasteiger partial charge < -0.3 is 35.8 Å². The van der Waals surface area contributed by atoms with Crippen LogP contribution in [0.15, 0.2) is 77.2 Å². The van der Waals surface area contributed by atoms with Gasteiger partial charge in [-0.2, -0.15) is 0 Å². The van der Waals surface area contributed by atoms with Gasteiger partial charge in [0.15, 0.2) is 0 Å². The van der Waals surface area contributed by atoms with Crippen LogP contribution in [0.25, 0.3) is 0 Å². The molecule has 4 aromatic rings. The smallest absolute Gasteiger partial charge is 0.255 e. The van der Waals surface area contributed by atoms with Crippen LogP contribution < -0.4 is 31.5 Å². The number of unbranched alkanes of at least 4 members (excludes halogenated alkanes) is 4. The zero-order valence-corrected chi connectivity index (χ0v) is 38.3. The van der Waals surface area contributed by atoms with Gasteiger partial charge in [0.1, 0.15) is 16.9 Å². The molecule has 4 aliphatic rings. The van der Waals surface area contributed by atoms with Crippen LogP contribution >= 0.6 is 11.8 Å². The highest BCUT2D eigenvalue weighted by Gasteiger charge is 2.39. The molecule has 348 valence electrons. The highest BCUT2D eigenvalue weighted by atomic mass is 32.2. The molecule has 0 aliphatic carbocycles.